The molecule has 0 aliphatic heterocycles. The second-order valence-electron chi connectivity index (χ2n) is 5.23. The Morgan fingerprint density at radius 2 is 1.30 bits per heavy atom. The molecule has 0 bridgehead atoms. The summed E-state index contributed by atoms with van der Waals surface area (Å²) in [5, 5.41) is 4.38. The Morgan fingerprint density at radius 1 is 0.783 bits per heavy atom. The van der Waals surface area contributed by atoms with E-state index in [4.69, 9.17) is 0 Å². The molecule has 3 aromatic rings. The Labute approximate surface area is 133 Å². The van der Waals surface area contributed by atoms with E-state index in [1.54, 1.807) is 24.5 Å². The first-order valence-electron chi connectivity index (χ1n) is 7.32. The molecule has 1 aliphatic carbocycles. The van der Waals surface area contributed by atoms with Crippen molar-refractivity contribution in [3.63, 3.8) is 0 Å². The van der Waals surface area contributed by atoms with Gasteiger partial charge < -0.3 is 0 Å². The molecule has 0 unspecified atom stereocenters. The van der Waals surface area contributed by atoms with E-state index < -0.39 is 0 Å². The summed E-state index contributed by atoms with van der Waals surface area (Å²) in [5.74, 6) is -0.248. The summed E-state index contributed by atoms with van der Waals surface area (Å²) in [4.78, 5) is 16.1. The second-order valence-corrected chi connectivity index (χ2v) is 5.23. The summed E-state index contributed by atoms with van der Waals surface area (Å²) in [6, 6.07) is 19.5. The lowest BCUT2D eigenvalue weighted by Crippen LogP contribution is -2.19. The Morgan fingerprint density at radius 3 is 1.87 bits per heavy atom. The van der Waals surface area contributed by atoms with Crippen molar-refractivity contribution in [2.45, 2.75) is 0 Å². The molecule has 4 heteroatoms. The normalized spacial score (nSPS) is 11.6. The lowest BCUT2D eigenvalue weighted by atomic mass is 10.1. The van der Waals surface area contributed by atoms with Crippen molar-refractivity contribution < 1.29 is 4.79 Å². The lowest BCUT2D eigenvalue weighted by molar-refractivity contribution is 0.0955. The first kappa shape index (κ1) is 13.4. The number of rotatable bonds is 2. The van der Waals surface area contributed by atoms with Gasteiger partial charge in [0.1, 0.15) is 0 Å². The van der Waals surface area contributed by atoms with Crippen molar-refractivity contribution in [2.24, 2.45) is 5.10 Å². The van der Waals surface area contributed by atoms with Crippen LogP contribution in [0.15, 0.2) is 78.2 Å². The minimum Gasteiger partial charge on any atom is -0.267 e. The van der Waals surface area contributed by atoms with Gasteiger partial charge in [0.15, 0.2) is 0 Å². The van der Waals surface area contributed by atoms with Gasteiger partial charge in [0.05, 0.1) is 5.71 Å². The zero-order valence-electron chi connectivity index (χ0n) is 12.2. The van der Waals surface area contributed by atoms with Gasteiger partial charge in [-0.15, -0.1) is 0 Å². The van der Waals surface area contributed by atoms with Crippen molar-refractivity contribution in [3.05, 3.63) is 89.7 Å². The molecule has 0 atom stereocenters. The van der Waals surface area contributed by atoms with E-state index in [-0.39, 0.29) is 5.91 Å². The summed E-state index contributed by atoms with van der Waals surface area (Å²) in [6.45, 7) is 0. The number of amides is 1. The SMILES string of the molecule is O=C(NN=C1c2ccccc2-c2ccccc21)c1ccncc1. The minimum atomic E-state index is -0.248. The maximum Gasteiger partial charge on any atom is 0.271 e. The predicted molar refractivity (Wildman–Crippen MR) is 89.2 cm³/mol. The molecule has 0 spiro atoms. The molecule has 4 nitrogen and oxygen atoms in total. The number of carbonyl (C=O) groups is 1. The van der Waals surface area contributed by atoms with Crippen LogP contribution in [0.25, 0.3) is 11.1 Å². The third-order valence-electron chi connectivity index (χ3n) is 3.87. The number of hydrazone groups is 1. The van der Waals surface area contributed by atoms with Crippen LogP contribution >= 0.6 is 0 Å². The molecule has 1 aromatic heterocycles. The highest BCUT2D eigenvalue weighted by Gasteiger charge is 2.24. The molecule has 1 aliphatic rings. The van der Waals surface area contributed by atoms with Gasteiger partial charge in [-0.1, -0.05) is 48.5 Å². The third-order valence-corrected chi connectivity index (χ3v) is 3.87. The fourth-order valence-corrected chi connectivity index (χ4v) is 2.79. The zero-order valence-corrected chi connectivity index (χ0v) is 12.2. The number of pyridine rings is 1. The lowest BCUT2D eigenvalue weighted by Gasteiger charge is -2.03. The number of nitrogens with zero attached hydrogens (tertiary/aromatic N) is 2. The van der Waals surface area contributed by atoms with Crippen LogP contribution in [0.1, 0.15) is 21.5 Å². The van der Waals surface area contributed by atoms with Crippen LogP contribution in [0.3, 0.4) is 0 Å². The van der Waals surface area contributed by atoms with Crippen LogP contribution in [-0.2, 0) is 0 Å². The van der Waals surface area contributed by atoms with Gasteiger partial charge in [-0.3, -0.25) is 9.78 Å². The Bertz CT molecular complexity index is 869. The van der Waals surface area contributed by atoms with Crippen molar-refractivity contribution >= 4 is 11.6 Å². The first-order valence-corrected chi connectivity index (χ1v) is 7.32. The van der Waals surface area contributed by atoms with Gasteiger partial charge in [-0.05, 0) is 23.3 Å². The zero-order chi connectivity index (χ0) is 15.6. The molecule has 4 rings (SSSR count). The molecular formula is C19H13N3O. The first-order chi connectivity index (χ1) is 11.3. The summed E-state index contributed by atoms with van der Waals surface area (Å²) in [6.07, 6.45) is 3.17. The maximum atomic E-state index is 12.2. The van der Waals surface area contributed by atoms with Gasteiger partial charge in [0, 0.05) is 29.1 Å². The van der Waals surface area contributed by atoms with Crippen LogP contribution < -0.4 is 5.43 Å². The molecule has 0 saturated heterocycles. The van der Waals surface area contributed by atoms with E-state index in [2.05, 4.69) is 27.6 Å². The number of fused-ring (bicyclic) bond motifs is 3. The number of hydrogen-bond donors (Lipinski definition) is 1. The number of hydrogen-bond acceptors (Lipinski definition) is 3. The fraction of sp³-hybridized carbons (Fsp3) is 0. The topological polar surface area (TPSA) is 54.4 Å². The standard InChI is InChI=1S/C19H13N3O/c23-19(13-9-11-20-12-10-13)22-21-18-16-7-3-1-5-14(16)15-6-2-4-8-17(15)18/h1-12H,(H,22,23). The van der Waals surface area contributed by atoms with Crippen molar-refractivity contribution in [1.29, 1.82) is 0 Å². The van der Waals surface area contributed by atoms with Crippen LogP contribution in [0, 0.1) is 0 Å². The van der Waals surface area contributed by atoms with Crippen LogP contribution in [-0.4, -0.2) is 16.6 Å². The largest absolute Gasteiger partial charge is 0.271 e. The van der Waals surface area contributed by atoms with Gasteiger partial charge >= 0.3 is 0 Å². The average molecular weight is 299 g/mol. The van der Waals surface area contributed by atoms with E-state index in [1.807, 2.05) is 36.4 Å². The van der Waals surface area contributed by atoms with Crippen LogP contribution in [0.2, 0.25) is 0 Å². The number of carbonyl (C=O) groups excluding carboxylic acids is 1. The Balaban J connectivity index is 1.73. The molecule has 1 heterocycles. The van der Waals surface area contributed by atoms with Gasteiger partial charge in [-0.25, -0.2) is 5.43 Å². The molecule has 1 amide bonds. The van der Waals surface area contributed by atoms with E-state index in [1.165, 1.54) is 0 Å². The maximum absolute atomic E-state index is 12.2. The summed E-state index contributed by atoms with van der Waals surface area (Å²) in [7, 11) is 0. The van der Waals surface area contributed by atoms with Crippen molar-refractivity contribution in [1.82, 2.24) is 10.4 Å². The third kappa shape index (κ3) is 2.30. The highest BCUT2D eigenvalue weighted by molar-refractivity contribution is 6.24. The smallest absolute Gasteiger partial charge is 0.267 e. The minimum absolute atomic E-state index is 0.248. The van der Waals surface area contributed by atoms with E-state index in [0.717, 1.165) is 28.0 Å². The summed E-state index contributed by atoms with van der Waals surface area (Å²) < 4.78 is 0. The Hall–Kier alpha value is -3.27. The van der Waals surface area contributed by atoms with Crippen molar-refractivity contribution in [2.75, 3.05) is 0 Å². The fourth-order valence-electron chi connectivity index (χ4n) is 2.79. The molecule has 0 saturated carbocycles. The highest BCUT2D eigenvalue weighted by Crippen LogP contribution is 2.36. The van der Waals surface area contributed by atoms with Crippen LogP contribution in [0.5, 0.6) is 0 Å². The number of benzene rings is 2. The molecule has 2 aromatic carbocycles. The molecule has 1 N–H and O–H groups in total. The summed E-state index contributed by atoms with van der Waals surface area (Å²) in [5.41, 5.74) is 8.31. The predicted octanol–water partition coefficient (Wildman–Crippen LogP) is 3.24. The molecule has 110 valence electrons. The molecule has 0 fully saturated rings. The highest BCUT2D eigenvalue weighted by atomic mass is 16.2. The molecule has 23 heavy (non-hydrogen) atoms. The quantitative estimate of drug-likeness (QED) is 0.578. The van der Waals surface area contributed by atoms with E-state index in [0.29, 0.717) is 5.56 Å². The average Bonchev–Trinajstić information content (AvgIpc) is 2.94. The number of aromatic nitrogens is 1. The van der Waals surface area contributed by atoms with E-state index in [9.17, 15) is 4.79 Å². The summed E-state index contributed by atoms with van der Waals surface area (Å²) >= 11 is 0. The Kier molecular flexibility index (Phi) is 3.20. The monoisotopic (exact) mass is 299 g/mol. The van der Waals surface area contributed by atoms with Crippen LogP contribution in [0.4, 0.5) is 0 Å². The van der Waals surface area contributed by atoms with Gasteiger partial charge in [0.2, 0.25) is 0 Å². The number of nitrogens with one attached hydrogen (secondary N) is 1. The van der Waals surface area contributed by atoms with E-state index >= 15 is 0 Å². The van der Waals surface area contributed by atoms with Gasteiger partial charge in [0.25, 0.3) is 5.91 Å². The molecule has 0 radical (unpaired) electrons. The molecular weight excluding hydrogens is 286 g/mol. The van der Waals surface area contributed by atoms with Crippen molar-refractivity contribution in [3.8, 4) is 11.1 Å². The second kappa shape index (κ2) is 5.50. The van der Waals surface area contributed by atoms with Gasteiger partial charge in [-0.2, -0.15) is 5.10 Å².